The molecule has 0 aliphatic heterocycles. The van der Waals surface area contributed by atoms with Crippen LogP contribution in [-0.2, 0) is 16.3 Å². The Labute approximate surface area is 102 Å². The van der Waals surface area contributed by atoms with Crippen molar-refractivity contribution in [2.75, 3.05) is 6.26 Å². The molecule has 6 heteroatoms. The lowest BCUT2D eigenvalue weighted by Gasteiger charge is -2.15. The zero-order chi connectivity index (χ0) is 11.6. The molecule has 0 saturated heterocycles. The van der Waals surface area contributed by atoms with Crippen LogP contribution in [0.5, 0.6) is 0 Å². The minimum absolute atomic E-state index is 0.379. The molecule has 1 aromatic rings. The summed E-state index contributed by atoms with van der Waals surface area (Å²) in [7, 11) is -3.17. The number of halogens is 1. The summed E-state index contributed by atoms with van der Waals surface area (Å²) in [6, 6.07) is 1.89. The van der Waals surface area contributed by atoms with Crippen LogP contribution in [0.3, 0.4) is 0 Å². The first kappa shape index (κ1) is 13.2. The Bertz CT molecular complexity index is 424. The summed E-state index contributed by atoms with van der Waals surface area (Å²) in [6.45, 7) is 1.53. The third kappa shape index (κ3) is 3.86. The van der Waals surface area contributed by atoms with Crippen molar-refractivity contribution in [1.29, 1.82) is 0 Å². The minimum Gasteiger partial charge on any atom is -0.391 e. The maximum Gasteiger partial charge on any atom is 0.152 e. The normalized spacial score (nSPS) is 16.3. The number of sulfone groups is 1. The lowest BCUT2D eigenvalue weighted by atomic mass is 10.2. The van der Waals surface area contributed by atoms with E-state index >= 15 is 0 Å². The molecule has 0 amide bonds. The standard InChI is InChI=1S/C9H13BrO3S2/c1-6(15(2,12)13)9(11)4-8-3-7(10)5-14-8/h3,5-6,9,11H,4H2,1-2H3. The van der Waals surface area contributed by atoms with E-state index in [9.17, 15) is 13.5 Å². The van der Waals surface area contributed by atoms with Gasteiger partial charge in [0.1, 0.15) is 0 Å². The molecule has 0 fully saturated rings. The number of aliphatic hydroxyl groups is 1. The van der Waals surface area contributed by atoms with Crippen LogP contribution in [0.25, 0.3) is 0 Å². The lowest BCUT2D eigenvalue weighted by molar-refractivity contribution is 0.174. The highest BCUT2D eigenvalue weighted by molar-refractivity contribution is 9.10. The Hall–Kier alpha value is 0.0900. The van der Waals surface area contributed by atoms with Gasteiger partial charge < -0.3 is 5.11 Å². The van der Waals surface area contributed by atoms with Gasteiger partial charge in [-0.15, -0.1) is 11.3 Å². The third-order valence-electron chi connectivity index (χ3n) is 2.25. The van der Waals surface area contributed by atoms with Crippen molar-refractivity contribution in [3.63, 3.8) is 0 Å². The van der Waals surface area contributed by atoms with Gasteiger partial charge in [0, 0.05) is 27.4 Å². The van der Waals surface area contributed by atoms with Gasteiger partial charge in [-0.25, -0.2) is 8.42 Å². The molecular weight excluding hydrogens is 300 g/mol. The van der Waals surface area contributed by atoms with E-state index in [1.54, 1.807) is 0 Å². The van der Waals surface area contributed by atoms with Crippen molar-refractivity contribution in [3.8, 4) is 0 Å². The van der Waals surface area contributed by atoms with Crippen molar-refractivity contribution in [2.45, 2.75) is 24.7 Å². The molecule has 15 heavy (non-hydrogen) atoms. The monoisotopic (exact) mass is 312 g/mol. The summed E-state index contributed by atoms with van der Waals surface area (Å²) >= 11 is 4.81. The number of rotatable bonds is 4. The largest absolute Gasteiger partial charge is 0.391 e. The fraction of sp³-hybridized carbons (Fsp3) is 0.556. The van der Waals surface area contributed by atoms with Gasteiger partial charge in [0.15, 0.2) is 9.84 Å². The summed E-state index contributed by atoms with van der Waals surface area (Å²) in [6.07, 6.45) is 0.681. The molecule has 2 atom stereocenters. The molecule has 1 N–H and O–H groups in total. The molecule has 2 unspecified atom stereocenters. The molecule has 0 aliphatic carbocycles. The van der Waals surface area contributed by atoms with Gasteiger partial charge >= 0.3 is 0 Å². The van der Waals surface area contributed by atoms with Gasteiger partial charge in [0.25, 0.3) is 0 Å². The van der Waals surface area contributed by atoms with E-state index in [0.29, 0.717) is 6.42 Å². The SMILES string of the molecule is CC(C(O)Cc1cc(Br)cs1)S(C)(=O)=O. The zero-order valence-electron chi connectivity index (χ0n) is 8.47. The molecule has 0 aliphatic rings. The first-order valence-electron chi connectivity index (χ1n) is 4.40. The average molecular weight is 313 g/mol. The van der Waals surface area contributed by atoms with Crippen molar-refractivity contribution >= 4 is 37.1 Å². The van der Waals surface area contributed by atoms with E-state index in [1.807, 2.05) is 11.4 Å². The Morgan fingerprint density at radius 2 is 2.20 bits per heavy atom. The fourth-order valence-corrected chi connectivity index (χ4v) is 3.29. The Morgan fingerprint density at radius 3 is 2.60 bits per heavy atom. The van der Waals surface area contributed by atoms with Gasteiger partial charge in [-0.3, -0.25) is 0 Å². The molecule has 3 nitrogen and oxygen atoms in total. The quantitative estimate of drug-likeness (QED) is 0.923. The van der Waals surface area contributed by atoms with Gasteiger partial charge in [0.05, 0.1) is 11.4 Å². The summed E-state index contributed by atoms with van der Waals surface area (Å²) in [5, 5.41) is 10.9. The zero-order valence-corrected chi connectivity index (χ0v) is 11.7. The van der Waals surface area contributed by atoms with Crippen LogP contribution in [0, 0.1) is 0 Å². The summed E-state index contributed by atoms with van der Waals surface area (Å²) in [4.78, 5) is 0.977. The molecular formula is C9H13BrO3S2. The van der Waals surface area contributed by atoms with Crippen LogP contribution in [0.4, 0.5) is 0 Å². The van der Waals surface area contributed by atoms with Gasteiger partial charge in [-0.1, -0.05) is 0 Å². The highest BCUT2D eigenvalue weighted by Crippen LogP contribution is 2.22. The number of aliphatic hydroxyl groups excluding tert-OH is 1. The second kappa shape index (κ2) is 4.95. The predicted molar refractivity (Wildman–Crippen MR) is 66.0 cm³/mol. The number of hydrogen-bond donors (Lipinski definition) is 1. The summed E-state index contributed by atoms with van der Waals surface area (Å²) < 4.78 is 23.4. The molecule has 1 heterocycles. The van der Waals surface area contributed by atoms with Crippen molar-refractivity contribution in [3.05, 3.63) is 20.8 Å². The molecule has 1 aromatic heterocycles. The molecule has 0 bridgehead atoms. The second-order valence-electron chi connectivity index (χ2n) is 3.54. The smallest absolute Gasteiger partial charge is 0.152 e. The molecule has 0 radical (unpaired) electrons. The van der Waals surface area contributed by atoms with Gasteiger partial charge in [0.2, 0.25) is 0 Å². The van der Waals surface area contributed by atoms with Crippen LogP contribution in [0.2, 0.25) is 0 Å². The Balaban J connectivity index is 2.68. The Morgan fingerprint density at radius 1 is 1.60 bits per heavy atom. The van der Waals surface area contributed by atoms with Crippen LogP contribution >= 0.6 is 27.3 Å². The lowest BCUT2D eigenvalue weighted by Crippen LogP contribution is -2.32. The van der Waals surface area contributed by atoms with E-state index in [0.717, 1.165) is 15.6 Å². The Kier molecular flexibility index (Phi) is 4.34. The van der Waals surface area contributed by atoms with E-state index in [4.69, 9.17) is 0 Å². The van der Waals surface area contributed by atoms with Crippen molar-refractivity contribution < 1.29 is 13.5 Å². The summed E-state index contributed by atoms with van der Waals surface area (Å²) in [5.41, 5.74) is 0. The second-order valence-corrected chi connectivity index (χ2v) is 7.85. The van der Waals surface area contributed by atoms with Gasteiger partial charge in [-0.2, -0.15) is 0 Å². The van der Waals surface area contributed by atoms with Crippen LogP contribution in [0.1, 0.15) is 11.8 Å². The highest BCUT2D eigenvalue weighted by Gasteiger charge is 2.24. The van der Waals surface area contributed by atoms with Crippen LogP contribution in [-0.4, -0.2) is 31.1 Å². The number of hydrogen-bond acceptors (Lipinski definition) is 4. The molecule has 86 valence electrons. The first-order valence-corrected chi connectivity index (χ1v) is 8.03. The first-order chi connectivity index (χ1) is 6.80. The van der Waals surface area contributed by atoms with Crippen LogP contribution < -0.4 is 0 Å². The predicted octanol–water partition coefficient (Wildman–Crippen LogP) is 1.85. The van der Waals surface area contributed by atoms with E-state index < -0.39 is 21.2 Å². The van der Waals surface area contributed by atoms with E-state index in [-0.39, 0.29) is 0 Å². The van der Waals surface area contributed by atoms with Crippen LogP contribution in [0.15, 0.2) is 15.9 Å². The topological polar surface area (TPSA) is 54.4 Å². The minimum atomic E-state index is -3.17. The average Bonchev–Trinajstić information content (AvgIpc) is 2.48. The van der Waals surface area contributed by atoms with E-state index in [2.05, 4.69) is 15.9 Å². The molecule has 0 spiro atoms. The summed E-state index contributed by atoms with van der Waals surface area (Å²) in [5.74, 6) is 0. The number of thiophene rings is 1. The maximum atomic E-state index is 11.2. The fourth-order valence-electron chi connectivity index (χ4n) is 1.12. The van der Waals surface area contributed by atoms with Crippen molar-refractivity contribution in [2.24, 2.45) is 0 Å². The van der Waals surface area contributed by atoms with E-state index in [1.165, 1.54) is 18.3 Å². The third-order valence-corrected chi connectivity index (χ3v) is 5.63. The maximum absolute atomic E-state index is 11.2. The van der Waals surface area contributed by atoms with Gasteiger partial charge in [-0.05, 0) is 28.9 Å². The van der Waals surface area contributed by atoms with Crippen molar-refractivity contribution in [1.82, 2.24) is 0 Å². The molecule has 0 saturated carbocycles. The molecule has 1 rings (SSSR count). The molecule has 0 aromatic carbocycles. The highest BCUT2D eigenvalue weighted by atomic mass is 79.9.